The maximum atomic E-state index is 12.0. The zero-order valence-corrected chi connectivity index (χ0v) is 11.1. The normalized spacial score (nSPS) is 17.8. The largest absolute Gasteiger partial charge is 0.481 e. The first kappa shape index (κ1) is 15.3. The number of aliphatic carboxylic acids is 1. The fraction of sp³-hybridized carbons (Fsp3) is 0.750. The Morgan fingerprint density at radius 2 is 1.95 bits per heavy atom. The first-order chi connectivity index (χ1) is 8.90. The van der Waals surface area contributed by atoms with Crippen LogP contribution in [0.1, 0.15) is 32.6 Å². The van der Waals surface area contributed by atoms with Crippen LogP contribution in [0.4, 0.5) is 4.79 Å². The van der Waals surface area contributed by atoms with Gasteiger partial charge in [0.25, 0.3) is 0 Å². The van der Waals surface area contributed by atoms with Crippen molar-refractivity contribution in [3.63, 3.8) is 0 Å². The Balaban J connectivity index is 2.34. The predicted molar refractivity (Wildman–Crippen MR) is 68.4 cm³/mol. The highest BCUT2D eigenvalue weighted by atomic mass is 16.4. The molecule has 0 saturated carbocycles. The van der Waals surface area contributed by atoms with Gasteiger partial charge in [-0.05, 0) is 32.1 Å². The molecule has 1 unspecified atom stereocenters. The van der Waals surface area contributed by atoms with E-state index >= 15 is 0 Å². The van der Waals surface area contributed by atoms with Crippen molar-refractivity contribution in [3.05, 3.63) is 0 Å². The van der Waals surface area contributed by atoms with Crippen LogP contribution in [0.3, 0.4) is 0 Å². The van der Waals surface area contributed by atoms with E-state index in [0.717, 1.165) is 12.8 Å². The predicted octanol–water partition coefficient (Wildman–Crippen LogP) is 0.147. The molecule has 0 aromatic rings. The SMILES string of the molecule is CC(NC(N)=O)C(=O)N1CCC(CCC(=O)O)CC1. The molecule has 1 atom stereocenters. The number of piperidine rings is 1. The van der Waals surface area contributed by atoms with E-state index in [4.69, 9.17) is 10.8 Å². The zero-order valence-electron chi connectivity index (χ0n) is 11.1. The second-order valence-electron chi connectivity index (χ2n) is 4.93. The van der Waals surface area contributed by atoms with Crippen molar-refractivity contribution >= 4 is 17.9 Å². The summed E-state index contributed by atoms with van der Waals surface area (Å²) in [6, 6.07) is -1.33. The molecule has 19 heavy (non-hydrogen) atoms. The number of carboxylic acids is 1. The number of carbonyl (C=O) groups is 3. The summed E-state index contributed by atoms with van der Waals surface area (Å²) in [4.78, 5) is 34.8. The molecule has 1 aliphatic rings. The molecular weight excluding hydrogens is 250 g/mol. The molecule has 0 bridgehead atoms. The number of likely N-dealkylation sites (tertiary alicyclic amines) is 1. The lowest BCUT2D eigenvalue weighted by Crippen LogP contribution is -2.50. The van der Waals surface area contributed by atoms with Crippen LogP contribution < -0.4 is 11.1 Å². The molecule has 0 spiro atoms. The number of nitrogens with zero attached hydrogens (tertiary/aromatic N) is 1. The van der Waals surface area contributed by atoms with E-state index in [-0.39, 0.29) is 12.3 Å². The van der Waals surface area contributed by atoms with E-state index in [0.29, 0.717) is 25.4 Å². The highest BCUT2D eigenvalue weighted by molar-refractivity contribution is 5.86. The van der Waals surface area contributed by atoms with Gasteiger partial charge in [-0.1, -0.05) is 0 Å². The number of rotatable bonds is 5. The monoisotopic (exact) mass is 271 g/mol. The van der Waals surface area contributed by atoms with E-state index < -0.39 is 18.0 Å². The summed E-state index contributed by atoms with van der Waals surface area (Å²) in [5.41, 5.74) is 4.97. The minimum absolute atomic E-state index is 0.143. The number of urea groups is 1. The maximum Gasteiger partial charge on any atom is 0.312 e. The lowest BCUT2D eigenvalue weighted by molar-refractivity contribution is -0.138. The first-order valence-corrected chi connectivity index (χ1v) is 6.46. The third-order valence-corrected chi connectivity index (χ3v) is 3.42. The third kappa shape index (κ3) is 5.15. The molecule has 0 aliphatic carbocycles. The van der Waals surface area contributed by atoms with Gasteiger partial charge in [-0.15, -0.1) is 0 Å². The van der Waals surface area contributed by atoms with Crippen LogP contribution in [0.25, 0.3) is 0 Å². The summed E-state index contributed by atoms with van der Waals surface area (Å²) in [6.07, 6.45) is 2.45. The number of nitrogens with one attached hydrogen (secondary N) is 1. The van der Waals surface area contributed by atoms with Crippen LogP contribution in [0.15, 0.2) is 0 Å². The summed E-state index contributed by atoms with van der Waals surface area (Å²) < 4.78 is 0. The quantitative estimate of drug-likeness (QED) is 0.660. The van der Waals surface area contributed by atoms with Gasteiger partial charge in [0.2, 0.25) is 5.91 Å². The highest BCUT2D eigenvalue weighted by Gasteiger charge is 2.26. The molecule has 7 nitrogen and oxygen atoms in total. The summed E-state index contributed by atoms with van der Waals surface area (Å²) in [5, 5.41) is 11.0. The number of carboxylic acid groups (broad SMARTS) is 1. The number of hydrogen-bond acceptors (Lipinski definition) is 3. The zero-order chi connectivity index (χ0) is 14.4. The van der Waals surface area contributed by atoms with Gasteiger partial charge in [0.1, 0.15) is 6.04 Å². The molecule has 0 radical (unpaired) electrons. The van der Waals surface area contributed by atoms with E-state index in [1.54, 1.807) is 11.8 Å². The molecule has 1 fully saturated rings. The molecule has 4 N–H and O–H groups in total. The fourth-order valence-corrected chi connectivity index (χ4v) is 2.32. The standard InChI is InChI=1S/C12H21N3O4/c1-8(14-12(13)19)11(18)15-6-4-9(5-7-15)2-3-10(16)17/h8-9H,2-7H2,1H3,(H,16,17)(H3,13,14,19). The molecule has 3 amide bonds. The Morgan fingerprint density at radius 3 is 2.42 bits per heavy atom. The average Bonchev–Trinajstić information content (AvgIpc) is 2.35. The van der Waals surface area contributed by atoms with Gasteiger partial charge in [0.05, 0.1) is 0 Å². The molecule has 7 heteroatoms. The number of primary amides is 1. The van der Waals surface area contributed by atoms with E-state index in [1.807, 2.05) is 0 Å². The van der Waals surface area contributed by atoms with Crippen molar-refractivity contribution in [2.24, 2.45) is 11.7 Å². The van der Waals surface area contributed by atoms with Gasteiger partial charge in [-0.25, -0.2) is 4.79 Å². The smallest absolute Gasteiger partial charge is 0.312 e. The van der Waals surface area contributed by atoms with Gasteiger partial charge < -0.3 is 21.1 Å². The van der Waals surface area contributed by atoms with Gasteiger partial charge in [0.15, 0.2) is 0 Å². The summed E-state index contributed by atoms with van der Waals surface area (Å²) in [6.45, 7) is 2.81. The van der Waals surface area contributed by atoms with Crippen molar-refractivity contribution in [3.8, 4) is 0 Å². The summed E-state index contributed by atoms with van der Waals surface area (Å²) in [5.74, 6) is -0.562. The van der Waals surface area contributed by atoms with E-state index in [2.05, 4.69) is 5.32 Å². The third-order valence-electron chi connectivity index (χ3n) is 3.42. The van der Waals surface area contributed by atoms with Crippen molar-refractivity contribution in [1.82, 2.24) is 10.2 Å². The van der Waals surface area contributed by atoms with Gasteiger partial charge in [-0.3, -0.25) is 9.59 Å². The minimum Gasteiger partial charge on any atom is -0.481 e. The Bertz CT molecular complexity index is 351. The number of hydrogen-bond donors (Lipinski definition) is 3. The van der Waals surface area contributed by atoms with Crippen LogP contribution in [-0.4, -0.2) is 47.0 Å². The van der Waals surface area contributed by atoms with E-state index in [1.165, 1.54) is 0 Å². The van der Waals surface area contributed by atoms with Crippen molar-refractivity contribution in [1.29, 1.82) is 0 Å². The molecule has 108 valence electrons. The number of carbonyl (C=O) groups excluding carboxylic acids is 2. The summed E-state index contributed by atoms with van der Waals surface area (Å²) >= 11 is 0. The molecule has 1 heterocycles. The Kier molecular flexibility index (Phi) is 5.59. The van der Waals surface area contributed by atoms with E-state index in [9.17, 15) is 14.4 Å². The second-order valence-corrected chi connectivity index (χ2v) is 4.93. The van der Waals surface area contributed by atoms with Crippen LogP contribution >= 0.6 is 0 Å². The van der Waals surface area contributed by atoms with Crippen LogP contribution in [0, 0.1) is 5.92 Å². The Morgan fingerprint density at radius 1 is 1.37 bits per heavy atom. The van der Waals surface area contributed by atoms with Gasteiger partial charge in [-0.2, -0.15) is 0 Å². The second kappa shape index (κ2) is 6.96. The maximum absolute atomic E-state index is 12.0. The van der Waals surface area contributed by atoms with Gasteiger partial charge >= 0.3 is 12.0 Å². The Labute approximate surface area is 112 Å². The lowest BCUT2D eigenvalue weighted by atomic mass is 9.92. The summed E-state index contributed by atoms with van der Waals surface area (Å²) in [7, 11) is 0. The fourth-order valence-electron chi connectivity index (χ4n) is 2.32. The van der Waals surface area contributed by atoms with Crippen LogP contribution in [-0.2, 0) is 9.59 Å². The topological polar surface area (TPSA) is 113 Å². The molecule has 1 rings (SSSR count). The van der Waals surface area contributed by atoms with Gasteiger partial charge in [0, 0.05) is 19.5 Å². The Hall–Kier alpha value is -1.79. The molecule has 1 saturated heterocycles. The first-order valence-electron chi connectivity index (χ1n) is 6.46. The molecular formula is C12H21N3O4. The number of nitrogens with two attached hydrogens (primary N) is 1. The molecule has 0 aromatic heterocycles. The minimum atomic E-state index is -0.780. The van der Waals surface area contributed by atoms with Crippen molar-refractivity contribution < 1.29 is 19.5 Å². The van der Waals surface area contributed by atoms with Crippen LogP contribution in [0.5, 0.6) is 0 Å². The lowest BCUT2D eigenvalue weighted by Gasteiger charge is -2.33. The van der Waals surface area contributed by atoms with Crippen LogP contribution in [0.2, 0.25) is 0 Å². The molecule has 0 aromatic carbocycles. The number of amides is 3. The average molecular weight is 271 g/mol. The highest BCUT2D eigenvalue weighted by Crippen LogP contribution is 2.22. The molecule has 1 aliphatic heterocycles. The van der Waals surface area contributed by atoms with Crippen molar-refractivity contribution in [2.75, 3.05) is 13.1 Å². The van der Waals surface area contributed by atoms with Crippen molar-refractivity contribution in [2.45, 2.75) is 38.6 Å².